The standard InChI is InChI=1S/C15H19NO7/c1-21-10-5-4-9(8-11(10)22-2)14(15(20)23-3)16-12(17)6-7-13(18)19/h4-5,8,14H,6-7H2,1-3H3,(H,16,17)(H,18,19)/p-1/t14-/m1/s1. The van der Waals surface area contributed by atoms with Crippen LogP contribution in [0.4, 0.5) is 0 Å². The molecule has 0 aromatic heterocycles. The number of hydrogen-bond donors (Lipinski definition) is 1. The number of amides is 1. The Morgan fingerprint density at radius 1 is 1.09 bits per heavy atom. The first-order valence-corrected chi connectivity index (χ1v) is 6.71. The molecule has 0 heterocycles. The number of aliphatic carboxylic acids is 1. The van der Waals surface area contributed by atoms with Crippen molar-refractivity contribution in [2.24, 2.45) is 0 Å². The van der Waals surface area contributed by atoms with Gasteiger partial charge in [0.25, 0.3) is 0 Å². The minimum atomic E-state index is -1.35. The molecule has 1 aromatic carbocycles. The normalized spacial score (nSPS) is 11.3. The summed E-state index contributed by atoms with van der Waals surface area (Å²) in [5.74, 6) is -1.81. The Morgan fingerprint density at radius 2 is 1.74 bits per heavy atom. The second-order valence-corrected chi connectivity index (χ2v) is 4.51. The molecule has 0 spiro atoms. The van der Waals surface area contributed by atoms with Gasteiger partial charge in [0.15, 0.2) is 17.5 Å². The molecule has 0 saturated heterocycles. The van der Waals surface area contributed by atoms with Gasteiger partial charge in [-0.2, -0.15) is 0 Å². The van der Waals surface area contributed by atoms with E-state index in [1.54, 1.807) is 12.1 Å². The molecule has 1 aromatic rings. The highest BCUT2D eigenvalue weighted by molar-refractivity contribution is 5.86. The minimum absolute atomic E-state index is 0.302. The first kappa shape index (κ1) is 18.3. The molecule has 23 heavy (non-hydrogen) atoms. The van der Waals surface area contributed by atoms with Crippen LogP contribution in [0.1, 0.15) is 24.4 Å². The zero-order valence-corrected chi connectivity index (χ0v) is 13.1. The van der Waals surface area contributed by atoms with Crippen molar-refractivity contribution in [2.45, 2.75) is 18.9 Å². The molecule has 8 heteroatoms. The van der Waals surface area contributed by atoms with Crippen LogP contribution in [0.3, 0.4) is 0 Å². The smallest absolute Gasteiger partial charge is 0.333 e. The number of ether oxygens (including phenoxy) is 3. The second-order valence-electron chi connectivity index (χ2n) is 4.51. The van der Waals surface area contributed by atoms with Crippen molar-refractivity contribution in [1.29, 1.82) is 0 Å². The fraction of sp³-hybridized carbons (Fsp3) is 0.400. The summed E-state index contributed by atoms with van der Waals surface area (Å²) in [5, 5.41) is 12.8. The number of methoxy groups -OCH3 is 3. The molecule has 1 N–H and O–H groups in total. The maximum atomic E-state index is 11.9. The Kier molecular flexibility index (Phi) is 6.85. The van der Waals surface area contributed by atoms with E-state index in [1.807, 2.05) is 0 Å². The van der Waals surface area contributed by atoms with Gasteiger partial charge in [-0.05, 0) is 24.1 Å². The number of carboxylic acid groups (broad SMARTS) is 1. The molecule has 0 unspecified atom stereocenters. The summed E-state index contributed by atoms with van der Waals surface area (Å²) in [6.45, 7) is 0. The molecule has 0 bridgehead atoms. The Balaban J connectivity index is 3.00. The van der Waals surface area contributed by atoms with Crippen molar-refractivity contribution in [3.05, 3.63) is 23.8 Å². The quantitative estimate of drug-likeness (QED) is 0.645. The molecule has 126 valence electrons. The number of nitrogens with one attached hydrogen (secondary N) is 1. The Bertz CT molecular complexity index is 585. The number of carbonyl (C=O) groups excluding carboxylic acids is 3. The number of carboxylic acids is 1. The lowest BCUT2D eigenvalue weighted by atomic mass is 10.1. The van der Waals surface area contributed by atoms with E-state index >= 15 is 0 Å². The fourth-order valence-corrected chi connectivity index (χ4v) is 1.88. The minimum Gasteiger partial charge on any atom is -0.550 e. The van der Waals surface area contributed by atoms with Crippen molar-refractivity contribution < 1.29 is 33.7 Å². The van der Waals surface area contributed by atoms with Gasteiger partial charge in [-0.15, -0.1) is 0 Å². The van der Waals surface area contributed by atoms with Gasteiger partial charge in [0.05, 0.1) is 21.3 Å². The SMILES string of the molecule is COC(=O)[C@H](NC(=O)CCC(=O)[O-])c1ccc(OC)c(OC)c1. The maximum Gasteiger partial charge on any atom is 0.333 e. The van der Waals surface area contributed by atoms with Gasteiger partial charge in [0, 0.05) is 12.4 Å². The third-order valence-electron chi connectivity index (χ3n) is 3.04. The van der Waals surface area contributed by atoms with Crippen LogP contribution in [0.2, 0.25) is 0 Å². The van der Waals surface area contributed by atoms with Crippen LogP contribution in [0.15, 0.2) is 18.2 Å². The van der Waals surface area contributed by atoms with Gasteiger partial charge in [0.2, 0.25) is 5.91 Å². The van der Waals surface area contributed by atoms with Crippen molar-refractivity contribution in [2.75, 3.05) is 21.3 Å². The van der Waals surface area contributed by atoms with Gasteiger partial charge < -0.3 is 29.4 Å². The van der Waals surface area contributed by atoms with Crippen molar-refractivity contribution in [3.63, 3.8) is 0 Å². The highest BCUT2D eigenvalue weighted by atomic mass is 16.5. The van der Waals surface area contributed by atoms with E-state index in [4.69, 9.17) is 9.47 Å². The molecule has 0 aliphatic heterocycles. The summed E-state index contributed by atoms with van der Waals surface area (Å²) in [5.41, 5.74) is 0.413. The summed E-state index contributed by atoms with van der Waals surface area (Å²) in [4.78, 5) is 34.1. The zero-order chi connectivity index (χ0) is 17.4. The molecule has 0 aliphatic carbocycles. The lowest BCUT2D eigenvalue weighted by Crippen LogP contribution is -2.35. The molecule has 0 saturated carbocycles. The molecule has 8 nitrogen and oxygen atoms in total. The number of rotatable bonds is 8. The Hall–Kier alpha value is -2.77. The fourth-order valence-electron chi connectivity index (χ4n) is 1.88. The van der Waals surface area contributed by atoms with E-state index in [9.17, 15) is 19.5 Å². The largest absolute Gasteiger partial charge is 0.550 e. The predicted molar refractivity (Wildman–Crippen MR) is 76.7 cm³/mol. The van der Waals surface area contributed by atoms with Crippen LogP contribution in [0.5, 0.6) is 11.5 Å². The number of esters is 1. The molecule has 1 amide bonds. The Morgan fingerprint density at radius 3 is 2.26 bits per heavy atom. The van der Waals surface area contributed by atoms with Crippen molar-refractivity contribution in [1.82, 2.24) is 5.32 Å². The molecule has 0 fully saturated rings. The third kappa shape index (κ3) is 5.17. The van der Waals surface area contributed by atoms with Gasteiger partial charge >= 0.3 is 5.97 Å². The second kappa shape index (κ2) is 8.62. The van der Waals surface area contributed by atoms with Crippen molar-refractivity contribution in [3.8, 4) is 11.5 Å². The highest BCUT2D eigenvalue weighted by Gasteiger charge is 2.24. The van der Waals surface area contributed by atoms with E-state index in [0.717, 1.165) is 0 Å². The molecular formula is C15H18NO7-. The average Bonchev–Trinajstić information content (AvgIpc) is 2.56. The molecule has 1 atom stereocenters. The molecule has 1 rings (SSSR count). The van der Waals surface area contributed by atoms with Crippen molar-refractivity contribution >= 4 is 17.8 Å². The topological polar surface area (TPSA) is 114 Å². The van der Waals surface area contributed by atoms with Crippen LogP contribution >= 0.6 is 0 Å². The first-order chi connectivity index (χ1) is 10.9. The first-order valence-electron chi connectivity index (χ1n) is 6.71. The van der Waals surface area contributed by atoms with Crippen LogP contribution < -0.4 is 19.9 Å². The maximum absolute atomic E-state index is 11.9. The highest BCUT2D eigenvalue weighted by Crippen LogP contribution is 2.30. The van der Waals surface area contributed by atoms with E-state index < -0.39 is 30.3 Å². The van der Waals surface area contributed by atoms with Crippen LogP contribution in [-0.4, -0.2) is 39.2 Å². The average molecular weight is 324 g/mol. The van der Waals surface area contributed by atoms with E-state index in [-0.39, 0.29) is 6.42 Å². The number of hydrogen-bond acceptors (Lipinski definition) is 7. The molecule has 0 radical (unpaired) electrons. The molecular weight excluding hydrogens is 306 g/mol. The summed E-state index contributed by atoms with van der Waals surface area (Å²) >= 11 is 0. The van der Waals surface area contributed by atoms with Gasteiger partial charge in [-0.1, -0.05) is 6.07 Å². The summed E-state index contributed by atoms with van der Waals surface area (Å²) < 4.78 is 14.9. The van der Waals surface area contributed by atoms with Gasteiger partial charge in [-0.3, -0.25) is 4.79 Å². The van der Waals surface area contributed by atoms with Crippen LogP contribution in [0.25, 0.3) is 0 Å². The Labute approximate surface area is 133 Å². The molecule has 0 aliphatic rings. The predicted octanol–water partition coefficient (Wildman–Crippen LogP) is -0.436. The third-order valence-corrected chi connectivity index (χ3v) is 3.04. The summed E-state index contributed by atoms with van der Waals surface area (Å²) in [6, 6.07) is 3.59. The van der Waals surface area contributed by atoms with Crippen LogP contribution in [-0.2, 0) is 19.1 Å². The van der Waals surface area contributed by atoms with E-state index in [0.29, 0.717) is 17.1 Å². The number of carbonyl (C=O) groups is 3. The van der Waals surface area contributed by atoms with Gasteiger partial charge in [-0.25, -0.2) is 4.79 Å². The van der Waals surface area contributed by atoms with Gasteiger partial charge in [0.1, 0.15) is 0 Å². The summed E-state index contributed by atoms with van der Waals surface area (Å²) in [6.07, 6.45) is -0.741. The van der Waals surface area contributed by atoms with Crippen LogP contribution in [0, 0.1) is 0 Å². The summed E-state index contributed by atoms with van der Waals surface area (Å²) in [7, 11) is 4.09. The zero-order valence-electron chi connectivity index (χ0n) is 13.1. The van der Waals surface area contributed by atoms with E-state index in [2.05, 4.69) is 10.1 Å². The van der Waals surface area contributed by atoms with E-state index in [1.165, 1.54) is 27.4 Å². The lowest BCUT2D eigenvalue weighted by molar-refractivity contribution is -0.305. The number of benzene rings is 1. The monoisotopic (exact) mass is 324 g/mol. The lowest BCUT2D eigenvalue weighted by Gasteiger charge is -2.18.